The summed E-state index contributed by atoms with van der Waals surface area (Å²) in [6.07, 6.45) is -0.642. The molecule has 2 fully saturated rings. The average molecular weight is 312 g/mol. The maximum atomic E-state index is 12.1. The van der Waals surface area contributed by atoms with Gasteiger partial charge < -0.3 is 20.1 Å². The van der Waals surface area contributed by atoms with Gasteiger partial charge in [0, 0.05) is 19.6 Å². The molecule has 2 saturated heterocycles. The number of morpholine rings is 1. The van der Waals surface area contributed by atoms with Crippen LogP contribution >= 0.6 is 11.6 Å². The molecule has 0 aliphatic carbocycles. The zero-order valence-corrected chi connectivity index (χ0v) is 12.4. The summed E-state index contributed by atoms with van der Waals surface area (Å²) in [6, 6.07) is 5.55. The van der Waals surface area contributed by atoms with Gasteiger partial charge in [0.1, 0.15) is 6.10 Å². The highest BCUT2D eigenvalue weighted by Crippen LogP contribution is 2.38. The number of hydrogen-bond acceptors (Lipinski definition) is 5. The standard InChI is InChI=1S/C14H18ClN3O3/c15-11-2-1-3-12(13(11)17-4-6-20-7-5-17)18-9-10(8-16)21-14(18)19/h1-3,10H,4-9,16H2. The van der Waals surface area contributed by atoms with Crippen molar-refractivity contribution < 1.29 is 14.3 Å². The normalized spacial score (nSPS) is 22.6. The minimum Gasteiger partial charge on any atom is -0.443 e. The molecular formula is C14H18ClN3O3. The van der Waals surface area contributed by atoms with Gasteiger partial charge in [-0.25, -0.2) is 4.79 Å². The van der Waals surface area contributed by atoms with Crippen molar-refractivity contribution in [3.8, 4) is 0 Å². The van der Waals surface area contributed by atoms with Crippen molar-refractivity contribution in [1.82, 2.24) is 0 Å². The summed E-state index contributed by atoms with van der Waals surface area (Å²) in [5.41, 5.74) is 7.22. The number of cyclic esters (lactones) is 1. The molecule has 2 N–H and O–H groups in total. The second-order valence-electron chi connectivity index (χ2n) is 5.06. The van der Waals surface area contributed by atoms with Crippen molar-refractivity contribution in [2.75, 3.05) is 49.2 Å². The smallest absolute Gasteiger partial charge is 0.414 e. The van der Waals surface area contributed by atoms with E-state index in [0.717, 1.165) is 24.5 Å². The molecule has 1 unspecified atom stereocenters. The van der Waals surface area contributed by atoms with Crippen molar-refractivity contribution in [3.05, 3.63) is 23.2 Å². The summed E-state index contributed by atoms with van der Waals surface area (Å²) >= 11 is 6.37. The number of benzene rings is 1. The average Bonchev–Trinajstić information content (AvgIpc) is 2.89. The minimum atomic E-state index is -0.373. The quantitative estimate of drug-likeness (QED) is 0.915. The molecule has 1 aromatic rings. The van der Waals surface area contributed by atoms with E-state index in [1.165, 1.54) is 0 Å². The first-order valence-corrected chi connectivity index (χ1v) is 7.38. The van der Waals surface area contributed by atoms with Gasteiger partial charge in [-0.2, -0.15) is 0 Å². The third-order valence-electron chi connectivity index (χ3n) is 3.72. The number of rotatable bonds is 3. The topological polar surface area (TPSA) is 68.0 Å². The molecule has 3 rings (SSSR count). The summed E-state index contributed by atoms with van der Waals surface area (Å²) in [5.74, 6) is 0. The third-order valence-corrected chi connectivity index (χ3v) is 4.03. The fourth-order valence-electron chi connectivity index (χ4n) is 2.66. The molecule has 0 radical (unpaired) electrons. The van der Waals surface area contributed by atoms with Crippen LogP contribution in [0.15, 0.2) is 18.2 Å². The first-order chi connectivity index (χ1) is 10.2. The maximum absolute atomic E-state index is 12.1. The Kier molecular flexibility index (Phi) is 4.19. The van der Waals surface area contributed by atoms with Gasteiger partial charge in [0.05, 0.1) is 36.2 Å². The van der Waals surface area contributed by atoms with Crippen molar-refractivity contribution in [2.24, 2.45) is 5.73 Å². The molecule has 0 bridgehead atoms. The molecular weight excluding hydrogens is 294 g/mol. The third kappa shape index (κ3) is 2.79. The fraction of sp³-hybridized carbons (Fsp3) is 0.500. The number of hydrogen-bond donors (Lipinski definition) is 1. The van der Waals surface area contributed by atoms with Crippen molar-refractivity contribution in [1.29, 1.82) is 0 Å². The van der Waals surface area contributed by atoms with Gasteiger partial charge in [-0.1, -0.05) is 17.7 Å². The molecule has 1 aromatic carbocycles. The van der Waals surface area contributed by atoms with Gasteiger partial charge in [-0.3, -0.25) is 4.90 Å². The van der Waals surface area contributed by atoms with Crippen LogP contribution in [0.1, 0.15) is 0 Å². The van der Waals surface area contributed by atoms with Gasteiger partial charge in [0.25, 0.3) is 0 Å². The van der Waals surface area contributed by atoms with Gasteiger partial charge in [0.15, 0.2) is 0 Å². The van der Waals surface area contributed by atoms with E-state index in [4.69, 9.17) is 26.8 Å². The molecule has 0 aromatic heterocycles. The van der Waals surface area contributed by atoms with Crippen LogP contribution < -0.4 is 15.5 Å². The zero-order chi connectivity index (χ0) is 14.8. The second kappa shape index (κ2) is 6.09. The molecule has 6 nitrogen and oxygen atoms in total. The number of carbonyl (C=O) groups is 1. The van der Waals surface area contributed by atoms with Crippen LogP contribution in [0.5, 0.6) is 0 Å². The molecule has 0 saturated carbocycles. The molecule has 21 heavy (non-hydrogen) atoms. The molecule has 114 valence electrons. The van der Waals surface area contributed by atoms with Crippen molar-refractivity contribution in [3.63, 3.8) is 0 Å². The molecule has 0 spiro atoms. The summed E-state index contributed by atoms with van der Waals surface area (Å²) in [4.78, 5) is 15.8. The minimum absolute atomic E-state index is 0.269. The number of carbonyl (C=O) groups excluding carboxylic acids is 1. The Morgan fingerprint density at radius 2 is 2.10 bits per heavy atom. The molecule has 7 heteroatoms. The van der Waals surface area contributed by atoms with Crippen molar-refractivity contribution >= 4 is 29.1 Å². The van der Waals surface area contributed by atoms with E-state index in [0.29, 0.717) is 31.3 Å². The summed E-state index contributed by atoms with van der Waals surface area (Å²) in [5, 5.41) is 0.624. The molecule has 1 amide bonds. The largest absolute Gasteiger partial charge is 0.443 e. The Balaban J connectivity index is 1.95. The van der Waals surface area contributed by atoms with Crippen LogP contribution in [0.25, 0.3) is 0 Å². The van der Waals surface area contributed by atoms with E-state index in [1.54, 1.807) is 4.90 Å². The predicted molar refractivity (Wildman–Crippen MR) is 81.2 cm³/mol. The Bertz CT molecular complexity index is 534. The van der Waals surface area contributed by atoms with Crippen LogP contribution in [0.3, 0.4) is 0 Å². The van der Waals surface area contributed by atoms with E-state index in [1.807, 2.05) is 18.2 Å². The number of nitrogens with zero attached hydrogens (tertiary/aromatic N) is 2. The van der Waals surface area contributed by atoms with E-state index >= 15 is 0 Å². The van der Waals surface area contributed by atoms with Gasteiger partial charge in [0.2, 0.25) is 0 Å². The number of anilines is 2. The lowest BCUT2D eigenvalue weighted by Crippen LogP contribution is -2.38. The van der Waals surface area contributed by atoms with Crippen LogP contribution in [0, 0.1) is 0 Å². The molecule has 2 aliphatic rings. The lowest BCUT2D eigenvalue weighted by molar-refractivity contribution is 0.123. The second-order valence-corrected chi connectivity index (χ2v) is 5.47. The molecule has 2 heterocycles. The van der Waals surface area contributed by atoms with Crippen LogP contribution in [0.4, 0.5) is 16.2 Å². The first-order valence-electron chi connectivity index (χ1n) is 7.00. The highest BCUT2D eigenvalue weighted by Gasteiger charge is 2.34. The van der Waals surface area contributed by atoms with Gasteiger partial charge in [-0.05, 0) is 12.1 Å². The predicted octanol–water partition coefficient (Wildman–Crippen LogP) is 1.46. The Morgan fingerprint density at radius 1 is 1.33 bits per heavy atom. The van der Waals surface area contributed by atoms with Gasteiger partial charge in [-0.15, -0.1) is 0 Å². The number of ether oxygens (including phenoxy) is 2. The van der Waals surface area contributed by atoms with E-state index in [2.05, 4.69) is 4.90 Å². The van der Waals surface area contributed by atoms with E-state index < -0.39 is 0 Å². The lowest BCUT2D eigenvalue weighted by Gasteiger charge is -2.32. The van der Waals surface area contributed by atoms with Crippen molar-refractivity contribution in [2.45, 2.75) is 6.10 Å². The Hall–Kier alpha value is -1.50. The maximum Gasteiger partial charge on any atom is 0.414 e. The van der Waals surface area contributed by atoms with Crippen LogP contribution in [0.2, 0.25) is 5.02 Å². The highest BCUT2D eigenvalue weighted by atomic mass is 35.5. The number of nitrogens with two attached hydrogens (primary N) is 1. The fourth-order valence-corrected chi connectivity index (χ4v) is 2.95. The molecule has 2 aliphatic heterocycles. The van der Waals surface area contributed by atoms with E-state index in [9.17, 15) is 4.79 Å². The monoisotopic (exact) mass is 311 g/mol. The number of amides is 1. The molecule has 1 atom stereocenters. The number of halogens is 1. The van der Waals surface area contributed by atoms with Crippen LogP contribution in [-0.4, -0.2) is 51.6 Å². The summed E-state index contributed by atoms with van der Waals surface area (Å²) in [6.45, 7) is 3.57. The Labute approximate surface area is 128 Å². The van der Waals surface area contributed by atoms with E-state index in [-0.39, 0.29) is 12.2 Å². The SMILES string of the molecule is NCC1CN(c2cccc(Cl)c2N2CCOCC2)C(=O)O1. The van der Waals surface area contributed by atoms with Crippen LogP contribution in [-0.2, 0) is 9.47 Å². The lowest BCUT2D eigenvalue weighted by atomic mass is 10.2. The summed E-state index contributed by atoms with van der Waals surface area (Å²) in [7, 11) is 0. The highest BCUT2D eigenvalue weighted by molar-refractivity contribution is 6.34. The first kappa shape index (κ1) is 14.4. The summed E-state index contributed by atoms with van der Waals surface area (Å²) < 4.78 is 10.6. The Morgan fingerprint density at radius 3 is 2.76 bits per heavy atom. The zero-order valence-electron chi connectivity index (χ0n) is 11.6. The van der Waals surface area contributed by atoms with Gasteiger partial charge >= 0.3 is 6.09 Å². The number of para-hydroxylation sites is 1.